The molecule has 2 saturated carbocycles. The first-order valence-corrected chi connectivity index (χ1v) is 49.4. The van der Waals surface area contributed by atoms with Crippen LogP contribution in [0.4, 0.5) is 25.8 Å². The van der Waals surface area contributed by atoms with Gasteiger partial charge in [0.15, 0.2) is 0 Å². The number of nitrogens with one attached hydrogen (secondary N) is 4. The van der Waals surface area contributed by atoms with Crippen LogP contribution in [-0.4, -0.2) is 145 Å². The summed E-state index contributed by atoms with van der Waals surface area (Å²) in [5, 5.41) is 68.8. The first kappa shape index (κ1) is 95.2. The summed E-state index contributed by atoms with van der Waals surface area (Å²) < 4.78 is 46.7. The summed E-state index contributed by atoms with van der Waals surface area (Å²) in [6, 6.07) is 66.5. The number of aromatic nitrogens is 10. The number of nitrogens with zero attached hydrogens (tertiary/aromatic N) is 17. The van der Waals surface area contributed by atoms with Gasteiger partial charge in [-0.05, 0) is 245 Å². The fourth-order valence-corrected chi connectivity index (χ4v) is 21.9. The van der Waals surface area contributed by atoms with Gasteiger partial charge in [0, 0.05) is 192 Å². The first-order valence-electron chi connectivity index (χ1n) is 49.4. The summed E-state index contributed by atoms with van der Waals surface area (Å²) in [7, 11) is 12.0. The maximum Gasteiger partial charge on any atom is 0.143 e. The van der Waals surface area contributed by atoms with Gasteiger partial charge in [-0.15, -0.1) is 0 Å². The highest BCUT2D eigenvalue weighted by molar-refractivity contribution is 6.07. The lowest BCUT2D eigenvalue weighted by Gasteiger charge is -2.38. The smallest absolute Gasteiger partial charge is 0.143 e. The largest absolute Gasteiger partial charge is 0.490 e. The molecule has 0 spiro atoms. The molecule has 714 valence electrons. The van der Waals surface area contributed by atoms with Crippen molar-refractivity contribution in [1.29, 1.82) is 31.9 Å². The molecule has 17 aromatic rings. The molecule has 3 aliphatic heterocycles. The Balaban J connectivity index is 0.000000120. The Bertz CT molecular complexity index is 7800. The molecule has 4 fully saturated rings. The van der Waals surface area contributed by atoms with Gasteiger partial charge in [-0.3, -0.25) is 24.6 Å². The molecule has 1 atom stereocenters. The van der Waals surface area contributed by atoms with Gasteiger partial charge in [0.1, 0.15) is 36.1 Å². The Kier molecular flexibility index (Phi) is 27.7. The number of rotatable bonds is 20. The van der Waals surface area contributed by atoms with E-state index in [1.165, 1.54) is 112 Å². The average Bonchev–Trinajstić information content (AvgIpc) is 1.55. The van der Waals surface area contributed by atoms with E-state index in [0.29, 0.717) is 45.9 Å². The number of benzene rings is 8. The van der Waals surface area contributed by atoms with E-state index in [1.807, 2.05) is 166 Å². The van der Waals surface area contributed by atoms with Gasteiger partial charge in [0.25, 0.3) is 0 Å². The number of pyridine rings is 4. The number of nitriles is 4. The lowest BCUT2D eigenvalue weighted by Crippen LogP contribution is -2.38. The lowest BCUT2D eigenvalue weighted by molar-refractivity contribution is 0.122. The van der Waals surface area contributed by atoms with Crippen molar-refractivity contribution >= 4 is 84.0 Å². The van der Waals surface area contributed by atoms with Crippen molar-refractivity contribution in [3.63, 3.8) is 0 Å². The summed E-state index contributed by atoms with van der Waals surface area (Å²) in [6.07, 6.45) is 37.7. The van der Waals surface area contributed by atoms with E-state index in [1.54, 1.807) is 12.1 Å². The van der Waals surface area contributed by atoms with Crippen LogP contribution in [-0.2, 0) is 33.2 Å². The minimum Gasteiger partial charge on any atom is -0.490 e. The quantitative estimate of drug-likeness (QED) is 0.0516. The van der Waals surface area contributed by atoms with E-state index in [9.17, 15) is 29.8 Å². The summed E-state index contributed by atoms with van der Waals surface area (Å²) in [5.74, 6) is 1.17. The third-order valence-electron chi connectivity index (χ3n) is 30.0. The molecule has 2 aliphatic carbocycles. The fraction of sp³-hybridized carbons (Fsp3) is 0.297. The number of halogens is 2. The monoisotopic (exact) mass is 1880 g/mol. The van der Waals surface area contributed by atoms with Crippen molar-refractivity contribution in [1.82, 2.24) is 57.8 Å². The van der Waals surface area contributed by atoms with Crippen LogP contribution in [0, 0.1) is 90.4 Å². The summed E-state index contributed by atoms with van der Waals surface area (Å²) in [5.41, 5.74) is 26.2. The van der Waals surface area contributed by atoms with Crippen LogP contribution >= 0.6 is 0 Å². The molecule has 0 bridgehead atoms. The highest BCUT2D eigenvalue weighted by Gasteiger charge is 2.33. The molecule has 0 radical (unpaired) electrons. The van der Waals surface area contributed by atoms with Crippen molar-refractivity contribution in [2.45, 2.75) is 123 Å². The van der Waals surface area contributed by atoms with Crippen LogP contribution in [0.2, 0.25) is 0 Å². The second kappa shape index (κ2) is 41.4. The van der Waals surface area contributed by atoms with Crippen molar-refractivity contribution in [3.8, 4) is 120 Å². The molecule has 0 amide bonds. The Labute approximate surface area is 827 Å². The van der Waals surface area contributed by atoms with Gasteiger partial charge in [-0.1, -0.05) is 113 Å². The Morgan fingerprint density at radius 3 is 1.30 bits per heavy atom. The van der Waals surface area contributed by atoms with Crippen molar-refractivity contribution in [2.24, 2.45) is 29.7 Å². The standard InChI is InChI=1S/C30H31FN6.C30H31N5.C30H30N4O.C28H25FN6/c1-30(9-12-36(3)13-10-30)19-37-11-8-24-27(37)18-35-29(21-6-7-26(34-2)23(14-21)17-33)28(24)20-4-5-22(16-32)25(31)15-20;1-30(13-4-3-5-14-30)20-35-15-12-25-27(35)19-34-29(23-10-11-26(33-2)24(16-23)18-32)28(25)22-8-6-21(17-31)7-9-22;1-33-15-16-35-28-17-24(11-12-26(28)33)30-29(23-9-7-21(18-31)8-10-23)25-13-14-34(27(25)19-32-30)20-22-5-3-2-4-6-22;1-33-9-7-18(16-33)17-35-10-8-23-26(35)15-31-28(20-5-6-25-22(11-20)14-32-34(25)2)27(23)19-3-4-21(13-30)24(29)12-19/h4-8,11,14-15,17-18,33-34H,9-10,12-13,19H2,1-3H3;6-12,15-16,18-19,32-33H,3-5,13-14,20H2,1-2H3;7-14,17,19,22H,2-6,15-16,20H2,1H3;3-6,8,10-12,14-15,18H,7,9,16-17H2,1-2H3/t;;;18-/m...1/s1. The second-order valence-corrected chi connectivity index (χ2v) is 39.7. The Morgan fingerprint density at radius 1 is 0.415 bits per heavy atom. The molecule has 142 heavy (non-hydrogen) atoms. The minimum atomic E-state index is -0.549. The van der Waals surface area contributed by atoms with E-state index in [2.05, 4.69) is 175 Å². The molecular weight excluding hydrogens is 1770 g/mol. The summed E-state index contributed by atoms with van der Waals surface area (Å²) in [6.45, 7) is 14.6. The van der Waals surface area contributed by atoms with Crippen LogP contribution in [0.3, 0.4) is 0 Å². The van der Waals surface area contributed by atoms with E-state index >= 15 is 0 Å². The summed E-state index contributed by atoms with van der Waals surface area (Å²) in [4.78, 5) is 26.8. The van der Waals surface area contributed by atoms with Crippen molar-refractivity contribution < 1.29 is 13.5 Å². The van der Waals surface area contributed by atoms with Crippen molar-refractivity contribution in [3.05, 3.63) is 283 Å². The molecule has 12 heterocycles. The molecule has 5 aliphatic rings. The van der Waals surface area contributed by atoms with Gasteiger partial charge in [-0.25, -0.2) is 8.78 Å². The maximum atomic E-state index is 14.8. The topological polar surface area (TPSA) is 275 Å². The number of anilines is 3. The van der Waals surface area contributed by atoms with Crippen LogP contribution in [0.5, 0.6) is 5.75 Å². The minimum absolute atomic E-state index is 0.0164. The first-order chi connectivity index (χ1) is 69.1. The highest BCUT2D eigenvalue weighted by atomic mass is 19.1. The number of piperidine rings is 1. The normalized spacial score (nSPS) is 15.7. The van der Waals surface area contributed by atoms with E-state index < -0.39 is 11.6 Å². The molecule has 22 rings (SSSR count). The Hall–Kier alpha value is -15.7. The number of likely N-dealkylation sites (N-methyl/N-ethyl adjacent to an activating group) is 1. The van der Waals surface area contributed by atoms with E-state index in [4.69, 9.17) is 35.5 Å². The zero-order chi connectivity index (χ0) is 98.5. The van der Waals surface area contributed by atoms with Gasteiger partial charge in [0.2, 0.25) is 0 Å². The van der Waals surface area contributed by atoms with E-state index in [0.717, 1.165) is 228 Å². The van der Waals surface area contributed by atoms with Gasteiger partial charge >= 0.3 is 0 Å². The van der Waals surface area contributed by atoms with Gasteiger partial charge < -0.3 is 59.2 Å². The van der Waals surface area contributed by atoms with Crippen molar-refractivity contribution in [2.75, 3.05) is 90.1 Å². The summed E-state index contributed by atoms with van der Waals surface area (Å²) >= 11 is 0. The predicted octanol–water partition coefficient (Wildman–Crippen LogP) is 25.3. The number of hydrogen-bond acceptors (Lipinski definition) is 17. The molecule has 24 heteroatoms. The molecule has 0 unspecified atom stereocenters. The van der Waals surface area contributed by atoms with Gasteiger partial charge in [-0.2, -0.15) is 26.1 Å². The molecule has 9 aromatic heterocycles. The fourth-order valence-electron chi connectivity index (χ4n) is 21.9. The third-order valence-corrected chi connectivity index (χ3v) is 30.0. The van der Waals surface area contributed by atoms with E-state index in [-0.39, 0.29) is 16.5 Å². The lowest BCUT2D eigenvalue weighted by atomic mass is 9.75. The molecule has 2 saturated heterocycles. The molecule has 4 N–H and O–H groups in total. The van der Waals surface area contributed by atoms with Gasteiger partial charge in [0.05, 0.1) is 128 Å². The highest BCUT2D eigenvalue weighted by Crippen LogP contribution is 2.48. The third kappa shape index (κ3) is 19.6. The average molecular weight is 1880 g/mol. The zero-order valence-electron chi connectivity index (χ0n) is 81.9. The van der Waals surface area contributed by atoms with Crippen LogP contribution < -0.4 is 20.3 Å². The van der Waals surface area contributed by atoms with Crippen LogP contribution in [0.25, 0.3) is 144 Å². The zero-order valence-corrected chi connectivity index (χ0v) is 81.9. The predicted molar refractivity (Wildman–Crippen MR) is 567 cm³/mol. The maximum absolute atomic E-state index is 14.8. The Morgan fingerprint density at radius 2 is 0.838 bits per heavy atom. The number of ether oxygens (including phenoxy) is 1. The number of likely N-dealkylation sites (tertiary alicyclic amines) is 2. The number of aryl methyl sites for hydroxylation is 1. The number of hydrogen-bond donors (Lipinski definition) is 4. The number of fused-ring (bicyclic) bond motifs is 6. The molecule has 22 nitrogen and oxygen atoms in total. The van der Waals surface area contributed by atoms with Crippen LogP contribution in [0.1, 0.15) is 131 Å². The molecular formula is C118H117F2N21O. The molecule has 8 aromatic carbocycles. The van der Waals surface area contributed by atoms with Crippen LogP contribution in [0.15, 0.2) is 238 Å². The SMILES string of the molecule is CN1CCOc2cc(-c3ncc4c(ccn4CC4CCCCC4)c3-c3ccc(C#N)cc3)ccc21.CN1CC[C@@H](Cn2ccc3c(-c4ccc(C#N)c(F)c4)c(-c4ccc5c(cnn5C)c4)ncc32)C1.CNc1ccc(-c2ncc3c(ccn3CC3(C)CCCCC3)c2-c2ccc(C#N)cc2)cc1C=N.CNc1ccc(-c2ncc3c(ccn3CC3(C)CCN(C)CC3)c2-c2ccc(C#N)c(F)c2)cc1C=N. The second-order valence-electron chi connectivity index (χ2n) is 39.7.